The lowest BCUT2D eigenvalue weighted by Gasteiger charge is -2.38. The van der Waals surface area contributed by atoms with Crippen LogP contribution in [0, 0.1) is 5.92 Å². The summed E-state index contributed by atoms with van der Waals surface area (Å²) in [6.07, 6.45) is -3.23. The highest BCUT2D eigenvalue weighted by Crippen LogP contribution is 2.48. The number of fused-ring (bicyclic) bond motifs is 1. The van der Waals surface area contributed by atoms with Crippen LogP contribution >= 0.6 is 0 Å². The molecule has 1 aliphatic carbocycles. The molecule has 130 valence electrons. The van der Waals surface area contributed by atoms with Crippen LogP contribution in [0.3, 0.4) is 0 Å². The minimum absolute atomic E-state index is 0.151. The average Bonchev–Trinajstić information content (AvgIpc) is 2.88. The van der Waals surface area contributed by atoms with Gasteiger partial charge < -0.3 is 9.84 Å². The van der Waals surface area contributed by atoms with Crippen molar-refractivity contribution in [1.82, 2.24) is 5.01 Å². The Morgan fingerprint density at radius 3 is 2.71 bits per heavy atom. The molecule has 2 atom stereocenters. The van der Waals surface area contributed by atoms with E-state index in [1.807, 2.05) is 0 Å². The monoisotopic (exact) mass is 342 g/mol. The summed E-state index contributed by atoms with van der Waals surface area (Å²) in [6.45, 7) is -0.633. The lowest BCUT2D eigenvalue weighted by molar-refractivity contribution is -0.317. The number of ether oxygens (including phenoxy) is 1. The van der Waals surface area contributed by atoms with E-state index in [-0.39, 0.29) is 17.1 Å². The summed E-state index contributed by atoms with van der Waals surface area (Å²) in [4.78, 5) is 12.3. The van der Waals surface area contributed by atoms with E-state index >= 15 is 0 Å². The summed E-state index contributed by atoms with van der Waals surface area (Å²) in [5.74, 6) is -1.88. The van der Waals surface area contributed by atoms with Crippen LogP contribution in [-0.2, 0) is 4.79 Å². The first kappa shape index (κ1) is 16.8. The van der Waals surface area contributed by atoms with Gasteiger partial charge in [-0.2, -0.15) is 23.3 Å². The number of hydrogen-bond acceptors (Lipinski definition) is 4. The predicted octanol–water partition coefficient (Wildman–Crippen LogP) is 2.70. The van der Waals surface area contributed by atoms with Crippen LogP contribution in [0.2, 0.25) is 0 Å². The Hall–Kier alpha value is -2.09. The molecule has 0 spiro atoms. The minimum atomic E-state index is -5.00. The van der Waals surface area contributed by atoms with E-state index in [9.17, 15) is 23.1 Å². The first-order valence-electron chi connectivity index (χ1n) is 7.71. The van der Waals surface area contributed by atoms with Gasteiger partial charge >= 0.3 is 6.18 Å². The lowest BCUT2D eigenvalue weighted by Crippen LogP contribution is -2.62. The molecule has 2 aliphatic rings. The molecule has 1 fully saturated rings. The number of hydrogen-bond donors (Lipinski definition) is 1. The van der Waals surface area contributed by atoms with Crippen molar-refractivity contribution in [3.05, 3.63) is 30.3 Å². The van der Waals surface area contributed by atoms with Crippen molar-refractivity contribution in [3.8, 4) is 5.75 Å². The quantitative estimate of drug-likeness (QED) is 0.919. The van der Waals surface area contributed by atoms with E-state index in [1.54, 1.807) is 30.3 Å². The molecule has 1 aromatic carbocycles. The largest absolute Gasteiger partial charge is 0.484 e. The van der Waals surface area contributed by atoms with Crippen molar-refractivity contribution in [1.29, 1.82) is 0 Å². The zero-order valence-electron chi connectivity index (χ0n) is 12.8. The molecule has 24 heavy (non-hydrogen) atoms. The Morgan fingerprint density at radius 2 is 2.04 bits per heavy atom. The molecule has 0 unspecified atom stereocenters. The molecule has 1 aliphatic heterocycles. The minimum Gasteiger partial charge on any atom is -0.484 e. The molecular formula is C16H17F3N2O3. The molecule has 1 saturated carbocycles. The van der Waals surface area contributed by atoms with Crippen LogP contribution in [0.15, 0.2) is 35.4 Å². The van der Waals surface area contributed by atoms with Gasteiger partial charge in [-0.25, -0.2) is 0 Å². The van der Waals surface area contributed by atoms with Gasteiger partial charge in [0.25, 0.3) is 11.6 Å². The summed E-state index contributed by atoms with van der Waals surface area (Å²) in [5, 5.41) is 14.3. The molecule has 0 radical (unpaired) electrons. The maximum absolute atomic E-state index is 13.5. The number of alkyl halides is 3. The number of carbonyl (C=O) groups is 1. The van der Waals surface area contributed by atoms with Crippen molar-refractivity contribution in [2.24, 2.45) is 11.0 Å². The van der Waals surface area contributed by atoms with Crippen LogP contribution in [0.25, 0.3) is 0 Å². The van der Waals surface area contributed by atoms with Crippen molar-refractivity contribution >= 4 is 11.6 Å². The topological polar surface area (TPSA) is 62.1 Å². The van der Waals surface area contributed by atoms with Gasteiger partial charge in [0.2, 0.25) is 0 Å². The van der Waals surface area contributed by atoms with E-state index in [0.717, 1.165) is 0 Å². The van der Waals surface area contributed by atoms with Crippen LogP contribution in [-0.4, -0.2) is 40.2 Å². The molecule has 1 heterocycles. The molecule has 5 nitrogen and oxygen atoms in total. The molecule has 0 bridgehead atoms. The third-order valence-corrected chi connectivity index (χ3v) is 4.37. The maximum Gasteiger partial charge on any atom is 0.439 e. The first-order valence-corrected chi connectivity index (χ1v) is 7.71. The number of rotatable bonds is 3. The van der Waals surface area contributed by atoms with Gasteiger partial charge in [-0.1, -0.05) is 24.6 Å². The number of amides is 1. The van der Waals surface area contributed by atoms with Gasteiger partial charge in [0, 0.05) is 5.71 Å². The maximum atomic E-state index is 13.5. The van der Waals surface area contributed by atoms with Crippen molar-refractivity contribution < 1.29 is 27.8 Å². The number of aliphatic hydroxyl groups is 1. The number of para-hydroxylation sites is 1. The van der Waals surface area contributed by atoms with E-state index < -0.39 is 30.3 Å². The molecule has 0 saturated heterocycles. The van der Waals surface area contributed by atoms with Gasteiger partial charge in [0.05, 0.1) is 5.92 Å². The Balaban J connectivity index is 1.81. The van der Waals surface area contributed by atoms with E-state index in [0.29, 0.717) is 25.0 Å². The summed E-state index contributed by atoms with van der Waals surface area (Å²) < 4.78 is 45.8. The van der Waals surface area contributed by atoms with Crippen LogP contribution < -0.4 is 4.74 Å². The van der Waals surface area contributed by atoms with Crippen molar-refractivity contribution in [2.45, 2.75) is 37.6 Å². The second kappa shape index (κ2) is 6.08. The zero-order chi connectivity index (χ0) is 17.4. The van der Waals surface area contributed by atoms with Gasteiger partial charge in [0.15, 0.2) is 6.61 Å². The Labute approximate surface area is 136 Å². The number of nitrogens with zero attached hydrogens (tertiary/aromatic N) is 2. The summed E-state index contributed by atoms with van der Waals surface area (Å²) in [5.41, 5.74) is -3.06. The number of halogens is 3. The van der Waals surface area contributed by atoms with E-state index in [4.69, 9.17) is 4.74 Å². The molecule has 3 rings (SSSR count). The smallest absolute Gasteiger partial charge is 0.439 e. The summed E-state index contributed by atoms with van der Waals surface area (Å²) in [6, 6.07) is 8.26. The van der Waals surface area contributed by atoms with E-state index in [1.165, 1.54) is 0 Å². The van der Waals surface area contributed by atoms with E-state index in [2.05, 4.69) is 5.10 Å². The molecule has 8 heteroatoms. The van der Waals surface area contributed by atoms with Crippen LogP contribution in [0.5, 0.6) is 5.75 Å². The third kappa shape index (κ3) is 2.75. The standard InChI is InChI=1S/C16H17F3N2O3/c17-16(18,19)15(23)12-8-4-5-9-13(12)20-21(15)14(22)10-24-11-6-2-1-3-7-11/h1-3,6-7,12,23H,4-5,8-10H2/t12-,15+/m1/s1. The molecule has 1 amide bonds. The van der Waals surface area contributed by atoms with Gasteiger partial charge in [-0.3, -0.25) is 4.79 Å². The van der Waals surface area contributed by atoms with Crippen molar-refractivity contribution in [3.63, 3.8) is 0 Å². The van der Waals surface area contributed by atoms with Gasteiger partial charge in [-0.15, -0.1) is 0 Å². The third-order valence-electron chi connectivity index (χ3n) is 4.37. The SMILES string of the molecule is O=C(COc1ccccc1)N1N=C2CCCC[C@H]2[C@]1(O)C(F)(F)F. The summed E-state index contributed by atoms with van der Waals surface area (Å²) in [7, 11) is 0. The van der Waals surface area contributed by atoms with Crippen LogP contribution in [0.4, 0.5) is 13.2 Å². The number of hydrazone groups is 1. The number of benzene rings is 1. The highest BCUT2D eigenvalue weighted by atomic mass is 19.4. The Kier molecular flexibility index (Phi) is 4.25. The fraction of sp³-hybridized carbons (Fsp3) is 0.500. The highest BCUT2D eigenvalue weighted by Gasteiger charge is 2.68. The average molecular weight is 342 g/mol. The molecule has 1 N–H and O–H groups in total. The molecular weight excluding hydrogens is 325 g/mol. The predicted molar refractivity (Wildman–Crippen MR) is 79.2 cm³/mol. The first-order chi connectivity index (χ1) is 11.3. The number of carbonyl (C=O) groups excluding carboxylic acids is 1. The fourth-order valence-electron chi connectivity index (χ4n) is 3.19. The lowest BCUT2D eigenvalue weighted by atomic mass is 9.80. The highest BCUT2D eigenvalue weighted by molar-refractivity contribution is 5.93. The summed E-state index contributed by atoms with van der Waals surface area (Å²) >= 11 is 0. The molecule has 1 aromatic rings. The normalized spacial score (nSPS) is 26.8. The van der Waals surface area contributed by atoms with Crippen molar-refractivity contribution in [2.75, 3.05) is 6.61 Å². The Morgan fingerprint density at radius 1 is 1.33 bits per heavy atom. The van der Waals surface area contributed by atoms with Crippen LogP contribution in [0.1, 0.15) is 25.7 Å². The zero-order valence-corrected chi connectivity index (χ0v) is 12.8. The van der Waals surface area contributed by atoms with Gasteiger partial charge in [0.1, 0.15) is 5.75 Å². The van der Waals surface area contributed by atoms with Gasteiger partial charge in [-0.05, 0) is 31.4 Å². The Bertz CT molecular complexity index is 648. The second-order valence-electron chi connectivity index (χ2n) is 5.92. The second-order valence-corrected chi connectivity index (χ2v) is 5.92. The fourth-order valence-corrected chi connectivity index (χ4v) is 3.19. The molecule has 0 aromatic heterocycles.